The highest BCUT2D eigenvalue weighted by Gasteiger charge is 2.48. The molecule has 3 rings (SSSR count). The molecule has 11 heteroatoms. The normalized spacial score (nSPS) is 17.4. The molecule has 1 unspecified atom stereocenters. The van der Waals surface area contributed by atoms with Gasteiger partial charge in [0.2, 0.25) is 10.0 Å². The van der Waals surface area contributed by atoms with Crippen LogP contribution in [0.1, 0.15) is 32.4 Å². The first-order valence-electron chi connectivity index (χ1n) is 10.6. The number of carboxylic acids is 1. The predicted octanol–water partition coefficient (Wildman–Crippen LogP) is 2.35. The lowest BCUT2D eigenvalue weighted by Crippen LogP contribution is -2.41. The summed E-state index contributed by atoms with van der Waals surface area (Å²) in [5.41, 5.74) is -0.326. The van der Waals surface area contributed by atoms with E-state index in [-0.39, 0.29) is 31.8 Å². The average Bonchev–Trinajstić information content (AvgIpc) is 3.21. The van der Waals surface area contributed by atoms with Crippen LogP contribution in [0.5, 0.6) is 0 Å². The van der Waals surface area contributed by atoms with Gasteiger partial charge in [0.15, 0.2) is 0 Å². The van der Waals surface area contributed by atoms with E-state index in [1.165, 1.54) is 19.0 Å². The molecule has 1 saturated heterocycles. The Labute approximate surface area is 192 Å². The number of sulfonamides is 1. The Morgan fingerprint density at radius 2 is 1.91 bits per heavy atom. The van der Waals surface area contributed by atoms with Crippen LogP contribution in [0.2, 0.25) is 0 Å². The fourth-order valence-corrected chi connectivity index (χ4v) is 5.16. The summed E-state index contributed by atoms with van der Waals surface area (Å²) >= 11 is 0. The number of carbonyl (C=O) groups excluding carboxylic acids is 2. The van der Waals surface area contributed by atoms with Gasteiger partial charge in [0.05, 0.1) is 18.2 Å². The lowest BCUT2D eigenvalue weighted by molar-refractivity contribution is -0.141. The van der Waals surface area contributed by atoms with Crippen molar-refractivity contribution in [2.75, 3.05) is 26.4 Å². The molecule has 180 valence electrons. The highest BCUT2D eigenvalue weighted by molar-refractivity contribution is 7.89. The number of urea groups is 1. The molecule has 1 aliphatic heterocycles. The standard InChI is InChI=1S/C22H29N3O7S/c1-22(2)20(28)25(21(29)24(22)4)11-7-9-16(19(26)27)14-33(30,31)23(3)13-17-12-15-8-5-6-10-18(15)32-17/h5-6,8,10,12,16H,7,9,11,13-14H2,1-4H3,(H,26,27). The fourth-order valence-electron chi connectivity index (χ4n) is 3.77. The number of hydrogen-bond acceptors (Lipinski definition) is 6. The second-order valence-corrected chi connectivity index (χ2v) is 10.9. The summed E-state index contributed by atoms with van der Waals surface area (Å²) in [5, 5.41) is 10.4. The van der Waals surface area contributed by atoms with Gasteiger partial charge >= 0.3 is 12.0 Å². The molecule has 1 atom stereocenters. The van der Waals surface area contributed by atoms with E-state index in [0.29, 0.717) is 11.3 Å². The number of likely N-dealkylation sites (N-methyl/N-ethyl adjacent to an activating group) is 1. The van der Waals surface area contributed by atoms with E-state index >= 15 is 0 Å². The molecule has 10 nitrogen and oxygen atoms in total. The third kappa shape index (κ3) is 5.03. The van der Waals surface area contributed by atoms with Crippen LogP contribution in [0.15, 0.2) is 34.7 Å². The number of carbonyl (C=O) groups is 3. The SMILES string of the molecule is CN1C(=O)N(CCCC(CS(=O)(=O)N(C)Cc2cc3ccccc3o2)C(=O)O)C(=O)C1(C)C. The molecule has 1 N–H and O–H groups in total. The van der Waals surface area contributed by atoms with Crippen LogP contribution in [-0.4, -0.2) is 77.5 Å². The summed E-state index contributed by atoms with van der Waals surface area (Å²) in [7, 11) is -0.993. The number of para-hydroxylation sites is 1. The second-order valence-electron chi connectivity index (χ2n) is 8.82. The summed E-state index contributed by atoms with van der Waals surface area (Å²) in [4.78, 5) is 38.9. The molecule has 1 aromatic carbocycles. The van der Waals surface area contributed by atoms with E-state index in [9.17, 15) is 27.9 Å². The van der Waals surface area contributed by atoms with Crippen LogP contribution in [0, 0.1) is 5.92 Å². The van der Waals surface area contributed by atoms with E-state index < -0.39 is 39.2 Å². The minimum Gasteiger partial charge on any atom is -0.481 e. The first-order chi connectivity index (χ1) is 15.3. The molecule has 0 spiro atoms. The maximum absolute atomic E-state index is 12.8. The monoisotopic (exact) mass is 479 g/mol. The van der Waals surface area contributed by atoms with Crippen molar-refractivity contribution in [3.63, 3.8) is 0 Å². The zero-order valence-electron chi connectivity index (χ0n) is 19.1. The Morgan fingerprint density at radius 3 is 2.48 bits per heavy atom. The fraction of sp³-hybridized carbons (Fsp3) is 0.500. The zero-order valence-corrected chi connectivity index (χ0v) is 20.0. The first-order valence-corrected chi connectivity index (χ1v) is 12.2. The average molecular weight is 480 g/mol. The number of aliphatic carboxylic acids is 1. The van der Waals surface area contributed by atoms with Gasteiger partial charge in [0.25, 0.3) is 5.91 Å². The Kier molecular flexibility index (Phi) is 6.85. The number of furan rings is 1. The van der Waals surface area contributed by atoms with Gasteiger partial charge < -0.3 is 14.4 Å². The quantitative estimate of drug-likeness (QED) is 0.518. The Morgan fingerprint density at radius 1 is 1.24 bits per heavy atom. The van der Waals surface area contributed by atoms with Crippen LogP contribution < -0.4 is 0 Å². The molecular weight excluding hydrogens is 450 g/mol. The van der Waals surface area contributed by atoms with Crippen molar-refractivity contribution < 1.29 is 32.3 Å². The molecule has 33 heavy (non-hydrogen) atoms. The molecule has 1 aliphatic rings. The van der Waals surface area contributed by atoms with Gasteiger partial charge in [-0.1, -0.05) is 18.2 Å². The topological polar surface area (TPSA) is 128 Å². The Balaban J connectivity index is 1.60. The van der Waals surface area contributed by atoms with Gasteiger partial charge in [-0.3, -0.25) is 14.5 Å². The molecule has 3 amide bonds. The van der Waals surface area contributed by atoms with Gasteiger partial charge in [0, 0.05) is 26.0 Å². The van der Waals surface area contributed by atoms with Gasteiger partial charge in [-0.2, -0.15) is 4.31 Å². The second kappa shape index (κ2) is 9.14. The highest BCUT2D eigenvalue weighted by Crippen LogP contribution is 2.26. The first kappa shape index (κ1) is 24.7. The Bertz CT molecular complexity index is 1140. The van der Waals surface area contributed by atoms with Crippen LogP contribution >= 0.6 is 0 Å². The molecule has 2 aromatic rings. The molecule has 2 heterocycles. The van der Waals surface area contributed by atoms with Gasteiger partial charge in [-0.25, -0.2) is 13.2 Å². The highest BCUT2D eigenvalue weighted by atomic mass is 32.2. The molecule has 0 aliphatic carbocycles. The lowest BCUT2D eigenvalue weighted by atomic mass is 10.0. The summed E-state index contributed by atoms with van der Waals surface area (Å²) < 4.78 is 32.4. The molecule has 0 saturated carbocycles. The van der Waals surface area contributed by atoms with Crippen LogP contribution in [0.25, 0.3) is 11.0 Å². The number of amides is 3. The van der Waals surface area contributed by atoms with E-state index in [1.807, 2.05) is 18.2 Å². The van der Waals surface area contributed by atoms with Crippen LogP contribution in [0.4, 0.5) is 4.79 Å². The van der Waals surface area contributed by atoms with Crippen LogP contribution in [-0.2, 0) is 26.2 Å². The maximum Gasteiger partial charge on any atom is 0.327 e. The largest absolute Gasteiger partial charge is 0.481 e. The number of hydrogen-bond donors (Lipinski definition) is 1. The van der Waals surface area contributed by atoms with Crippen molar-refractivity contribution in [1.29, 1.82) is 0 Å². The van der Waals surface area contributed by atoms with Crippen molar-refractivity contribution in [2.24, 2.45) is 5.92 Å². The van der Waals surface area contributed by atoms with Crippen molar-refractivity contribution >= 4 is 38.9 Å². The summed E-state index contributed by atoms with van der Waals surface area (Å²) in [6.45, 7) is 3.28. The maximum atomic E-state index is 12.8. The van der Waals surface area contributed by atoms with Gasteiger partial charge in [0.1, 0.15) is 16.9 Å². The third-order valence-corrected chi connectivity index (χ3v) is 8.05. The lowest BCUT2D eigenvalue weighted by Gasteiger charge is -2.22. The number of benzene rings is 1. The van der Waals surface area contributed by atoms with E-state index in [0.717, 1.165) is 14.6 Å². The van der Waals surface area contributed by atoms with Crippen LogP contribution in [0.3, 0.4) is 0 Å². The third-order valence-electron chi connectivity index (χ3n) is 6.15. The number of fused-ring (bicyclic) bond motifs is 1. The number of imide groups is 1. The minimum atomic E-state index is -3.90. The number of nitrogens with zero attached hydrogens (tertiary/aromatic N) is 3. The molecule has 0 bridgehead atoms. The summed E-state index contributed by atoms with van der Waals surface area (Å²) in [6, 6.07) is 8.60. The molecular formula is C22H29N3O7S. The van der Waals surface area contributed by atoms with E-state index in [1.54, 1.807) is 26.0 Å². The molecule has 1 fully saturated rings. The number of rotatable bonds is 10. The van der Waals surface area contributed by atoms with Crippen molar-refractivity contribution in [3.8, 4) is 0 Å². The van der Waals surface area contributed by atoms with Gasteiger partial charge in [-0.05, 0) is 38.8 Å². The van der Waals surface area contributed by atoms with Gasteiger partial charge in [-0.15, -0.1) is 0 Å². The summed E-state index contributed by atoms with van der Waals surface area (Å²) in [6.07, 6.45) is 0.190. The van der Waals surface area contributed by atoms with E-state index in [4.69, 9.17) is 4.42 Å². The summed E-state index contributed by atoms with van der Waals surface area (Å²) in [5.74, 6) is -2.92. The molecule has 0 radical (unpaired) electrons. The van der Waals surface area contributed by atoms with E-state index in [2.05, 4.69) is 0 Å². The number of carboxylic acid groups (broad SMARTS) is 1. The minimum absolute atomic E-state index is 0.00818. The van der Waals surface area contributed by atoms with Crippen molar-refractivity contribution in [3.05, 3.63) is 36.1 Å². The zero-order chi connectivity index (χ0) is 24.6. The Hall–Kier alpha value is -2.92. The van der Waals surface area contributed by atoms with Crippen molar-refractivity contribution in [1.82, 2.24) is 14.1 Å². The predicted molar refractivity (Wildman–Crippen MR) is 121 cm³/mol. The smallest absolute Gasteiger partial charge is 0.327 e. The van der Waals surface area contributed by atoms with Crippen molar-refractivity contribution in [2.45, 2.75) is 38.8 Å². The molecule has 1 aromatic heterocycles.